The van der Waals surface area contributed by atoms with Crippen LogP contribution in [0.1, 0.15) is 0 Å². The Hall–Kier alpha value is -1.98. The summed E-state index contributed by atoms with van der Waals surface area (Å²) in [5.74, 6) is 0. The Balaban J connectivity index is 2.37. The Morgan fingerprint density at radius 1 is 1.21 bits per heavy atom. The predicted molar refractivity (Wildman–Crippen MR) is 77.2 cm³/mol. The molecule has 0 unspecified atom stereocenters. The van der Waals surface area contributed by atoms with Crippen molar-refractivity contribution in [3.05, 3.63) is 51.3 Å². The molecule has 6 heteroatoms. The first-order valence-electron chi connectivity index (χ1n) is 5.58. The summed E-state index contributed by atoms with van der Waals surface area (Å²) < 4.78 is 1.53. The number of rotatable bonds is 0. The lowest BCUT2D eigenvalue weighted by atomic mass is 10.1. The highest BCUT2D eigenvalue weighted by atomic mass is 35.5. The van der Waals surface area contributed by atoms with Gasteiger partial charge >= 0.3 is 0 Å². The average Bonchev–Trinajstić information content (AvgIpc) is 2.88. The third-order valence-corrected chi connectivity index (χ3v) is 4.13. The molecular formula is C13H6ClN3OS. The summed E-state index contributed by atoms with van der Waals surface area (Å²) in [6.45, 7) is 0. The minimum atomic E-state index is -0.101. The number of nitrogens with zero attached hydrogens (tertiary/aromatic N) is 3. The topological polar surface area (TPSA) is 47.3 Å². The van der Waals surface area contributed by atoms with Crippen LogP contribution in [0.4, 0.5) is 0 Å². The molecule has 0 radical (unpaired) electrons. The van der Waals surface area contributed by atoms with E-state index in [4.69, 9.17) is 11.6 Å². The van der Waals surface area contributed by atoms with Gasteiger partial charge in [-0.1, -0.05) is 23.7 Å². The summed E-state index contributed by atoms with van der Waals surface area (Å²) in [7, 11) is 0. The number of para-hydroxylation sites is 1. The van der Waals surface area contributed by atoms with Crippen molar-refractivity contribution in [3.63, 3.8) is 0 Å². The van der Waals surface area contributed by atoms with Gasteiger partial charge in [0.15, 0.2) is 4.96 Å². The van der Waals surface area contributed by atoms with Crippen molar-refractivity contribution in [2.45, 2.75) is 0 Å². The molecule has 4 nitrogen and oxygen atoms in total. The molecule has 0 N–H and O–H groups in total. The van der Waals surface area contributed by atoms with Gasteiger partial charge in [-0.15, -0.1) is 11.3 Å². The van der Waals surface area contributed by atoms with E-state index in [1.807, 2.05) is 17.5 Å². The third-order valence-electron chi connectivity index (χ3n) is 3.07. The van der Waals surface area contributed by atoms with Gasteiger partial charge in [-0.25, -0.2) is 4.98 Å². The monoisotopic (exact) mass is 287 g/mol. The number of hydrogen-bond acceptors (Lipinski definition) is 4. The fourth-order valence-electron chi connectivity index (χ4n) is 2.18. The first kappa shape index (κ1) is 10.9. The summed E-state index contributed by atoms with van der Waals surface area (Å²) in [5, 5.41) is 3.71. The highest BCUT2D eigenvalue weighted by molar-refractivity contribution is 7.15. The van der Waals surface area contributed by atoms with Crippen LogP contribution in [0, 0.1) is 0 Å². The molecule has 0 atom stereocenters. The molecule has 1 aromatic carbocycles. The van der Waals surface area contributed by atoms with Crippen molar-refractivity contribution >= 4 is 49.7 Å². The smallest absolute Gasteiger partial charge is 0.267 e. The number of aromatic nitrogens is 3. The standard InChI is InChI=1S/C13H6ClN3OS/c14-9-3-1-2-7-10-8(6-15-11(7)9)12(18)17-4-5-19-13(17)16-10/h1-6H. The maximum atomic E-state index is 12.3. The van der Waals surface area contributed by atoms with Crippen LogP contribution in [0.3, 0.4) is 0 Å². The molecule has 0 aliphatic heterocycles. The Kier molecular flexibility index (Phi) is 2.15. The van der Waals surface area contributed by atoms with E-state index in [-0.39, 0.29) is 5.56 Å². The summed E-state index contributed by atoms with van der Waals surface area (Å²) in [5.41, 5.74) is 1.22. The first-order chi connectivity index (χ1) is 9.25. The first-order valence-corrected chi connectivity index (χ1v) is 6.84. The largest absolute Gasteiger partial charge is 0.268 e. The van der Waals surface area contributed by atoms with Gasteiger partial charge in [0.1, 0.15) is 0 Å². The summed E-state index contributed by atoms with van der Waals surface area (Å²) >= 11 is 7.55. The molecule has 0 aliphatic carbocycles. The van der Waals surface area contributed by atoms with Gasteiger partial charge in [-0.2, -0.15) is 0 Å². The quantitative estimate of drug-likeness (QED) is 0.467. The number of pyridine rings is 1. The lowest BCUT2D eigenvalue weighted by Gasteiger charge is -2.03. The molecule has 0 saturated heterocycles. The number of benzene rings is 1. The molecule has 4 rings (SSSR count). The second kappa shape index (κ2) is 3.76. The van der Waals surface area contributed by atoms with E-state index in [9.17, 15) is 4.79 Å². The van der Waals surface area contributed by atoms with Gasteiger partial charge in [0.05, 0.1) is 21.4 Å². The molecule has 0 amide bonds. The molecule has 92 valence electrons. The van der Waals surface area contributed by atoms with E-state index in [0.29, 0.717) is 26.4 Å². The van der Waals surface area contributed by atoms with Gasteiger partial charge in [-0.05, 0) is 6.07 Å². The average molecular weight is 288 g/mol. The van der Waals surface area contributed by atoms with Crippen molar-refractivity contribution in [3.8, 4) is 0 Å². The number of thiazole rings is 1. The summed E-state index contributed by atoms with van der Waals surface area (Å²) in [6, 6.07) is 5.50. The molecule has 19 heavy (non-hydrogen) atoms. The normalized spacial score (nSPS) is 11.6. The van der Waals surface area contributed by atoms with E-state index in [1.54, 1.807) is 18.5 Å². The van der Waals surface area contributed by atoms with E-state index < -0.39 is 0 Å². The van der Waals surface area contributed by atoms with Crippen LogP contribution in [0.25, 0.3) is 26.8 Å². The minimum Gasteiger partial charge on any atom is -0.268 e. The molecule has 3 heterocycles. The van der Waals surface area contributed by atoms with Crippen LogP contribution < -0.4 is 5.56 Å². The van der Waals surface area contributed by atoms with Crippen molar-refractivity contribution < 1.29 is 0 Å². The highest BCUT2D eigenvalue weighted by Gasteiger charge is 2.11. The maximum absolute atomic E-state index is 12.3. The van der Waals surface area contributed by atoms with Crippen LogP contribution >= 0.6 is 22.9 Å². The Morgan fingerprint density at radius 3 is 3.00 bits per heavy atom. The summed E-state index contributed by atoms with van der Waals surface area (Å²) in [6.07, 6.45) is 3.26. The number of hydrogen-bond donors (Lipinski definition) is 0. The minimum absolute atomic E-state index is 0.101. The van der Waals surface area contributed by atoms with Crippen molar-refractivity contribution in [2.75, 3.05) is 0 Å². The Labute approximate surface area is 115 Å². The lowest BCUT2D eigenvalue weighted by molar-refractivity contribution is 1.11. The molecule has 0 bridgehead atoms. The zero-order valence-electron chi connectivity index (χ0n) is 9.50. The Bertz CT molecular complexity index is 1010. The molecule has 4 aromatic rings. The van der Waals surface area contributed by atoms with E-state index >= 15 is 0 Å². The van der Waals surface area contributed by atoms with Crippen LogP contribution in [0.5, 0.6) is 0 Å². The van der Waals surface area contributed by atoms with Gasteiger partial charge in [-0.3, -0.25) is 14.2 Å². The molecular weight excluding hydrogens is 282 g/mol. The van der Waals surface area contributed by atoms with Gasteiger partial charge in [0.2, 0.25) is 0 Å². The Morgan fingerprint density at radius 2 is 2.11 bits per heavy atom. The van der Waals surface area contributed by atoms with E-state index in [1.165, 1.54) is 15.7 Å². The fraction of sp³-hybridized carbons (Fsp3) is 0. The van der Waals surface area contributed by atoms with E-state index in [2.05, 4.69) is 9.97 Å². The van der Waals surface area contributed by atoms with Gasteiger partial charge < -0.3 is 0 Å². The highest BCUT2D eigenvalue weighted by Crippen LogP contribution is 2.26. The molecule has 0 aliphatic rings. The predicted octanol–water partition coefficient (Wildman–Crippen LogP) is 3.11. The zero-order valence-corrected chi connectivity index (χ0v) is 11.1. The van der Waals surface area contributed by atoms with E-state index in [0.717, 1.165) is 5.39 Å². The van der Waals surface area contributed by atoms with Crippen molar-refractivity contribution in [2.24, 2.45) is 0 Å². The van der Waals surface area contributed by atoms with Crippen molar-refractivity contribution in [1.82, 2.24) is 14.4 Å². The third kappa shape index (κ3) is 1.42. The SMILES string of the molecule is O=c1c2cnc3c(Cl)cccc3c2nc2sccn12. The maximum Gasteiger partial charge on any atom is 0.267 e. The number of halogens is 1. The van der Waals surface area contributed by atoms with Gasteiger partial charge in [0.25, 0.3) is 5.56 Å². The van der Waals surface area contributed by atoms with Gasteiger partial charge in [0, 0.05) is 23.2 Å². The lowest BCUT2D eigenvalue weighted by Crippen LogP contribution is -2.13. The molecule has 0 spiro atoms. The van der Waals surface area contributed by atoms with Crippen molar-refractivity contribution in [1.29, 1.82) is 0 Å². The molecule has 3 aromatic heterocycles. The number of fused-ring (bicyclic) bond motifs is 4. The second-order valence-electron chi connectivity index (χ2n) is 4.13. The van der Waals surface area contributed by atoms with Crippen LogP contribution in [0.15, 0.2) is 40.8 Å². The van der Waals surface area contributed by atoms with Crippen LogP contribution in [-0.2, 0) is 0 Å². The molecule has 0 saturated carbocycles. The van der Waals surface area contributed by atoms with Crippen LogP contribution in [-0.4, -0.2) is 14.4 Å². The van der Waals surface area contributed by atoms with Crippen LogP contribution in [0.2, 0.25) is 5.02 Å². The zero-order chi connectivity index (χ0) is 13.0. The molecule has 0 fully saturated rings. The fourth-order valence-corrected chi connectivity index (χ4v) is 3.11. The second-order valence-corrected chi connectivity index (χ2v) is 5.41. The summed E-state index contributed by atoms with van der Waals surface area (Å²) in [4.78, 5) is 21.8.